The Labute approximate surface area is 154 Å². The maximum absolute atomic E-state index is 5.39. The summed E-state index contributed by atoms with van der Waals surface area (Å²) >= 11 is 0. The normalized spacial score (nSPS) is 10.5. The number of para-hydroxylation sites is 2. The van der Waals surface area contributed by atoms with Gasteiger partial charge in [0.1, 0.15) is 23.2 Å². The first-order valence-corrected chi connectivity index (χ1v) is 8.57. The Balaban J connectivity index is 1.91. The van der Waals surface area contributed by atoms with E-state index in [1.54, 1.807) is 7.11 Å². The van der Waals surface area contributed by atoms with Crippen molar-refractivity contribution in [2.75, 3.05) is 17.7 Å². The lowest BCUT2D eigenvalue weighted by Gasteiger charge is -2.15. The van der Waals surface area contributed by atoms with Crippen LogP contribution in [0.25, 0.3) is 0 Å². The van der Waals surface area contributed by atoms with Crippen molar-refractivity contribution in [3.05, 3.63) is 65.0 Å². The van der Waals surface area contributed by atoms with Crippen molar-refractivity contribution in [1.82, 2.24) is 9.97 Å². The number of hydrogen-bond acceptors (Lipinski definition) is 5. The highest BCUT2D eigenvalue weighted by Crippen LogP contribution is 2.29. The van der Waals surface area contributed by atoms with Gasteiger partial charge in [0.15, 0.2) is 0 Å². The molecule has 0 spiro atoms. The van der Waals surface area contributed by atoms with E-state index in [1.807, 2.05) is 37.3 Å². The van der Waals surface area contributed by atoms with Crippen LogP contribution in [-0.4, -0.2) is 17.1 Å². The molecule has 26 heavy (non-hydrogen) atoms. The van der Waals surface area contributed by atoms with Gasteiger partial charge in [-0.05, 0) is 51.0 Å². The summed E-state index contributed by atoms with van der Waals surface area (Å²) in [4.78, 5) is 9.01. The smallest absolute Gasteiger partial charge is 0.142 e. The second-order valence-corrected chi connectivity index (χ2v) is 6.41. The number of nitrogens with zero attached hydrogens (tertiary/aromatic N) is 2. The van der Waals surface area contributed by atoms with Crippen molar-refractivity contribution >= 4 is 23.0 Å². The number of methoxy groups -OCH3 is 1. The summed E-state index contributed by atoms with van der Waals surface area (Å²) in [5, 5.41) is 6.75. The van der Waals surface area contributed by atoms with Gasteiger partial charge in [-0.15, -0.1) is 0 Å². The summed E-state index contributed by atoms with van der Waals surface area (Å²) in [6.45, 7) is 8.19. The Kier molecular flexibility index (Phi) is 5.07. The molecular weight excluding hydrogens is 324 g/mol. The van der Waals surface area contributed by atoms with Gasteiger partial charge in [-0.3, -0.25) is 0 Å². The molecule has 0 bridgehead atoms. The van der Waals surface area contributed by atoms with Crippen molar-refractivity contribution in [1.29, 1.82) is 0 Å². The molecule has 0 aliphatic rings. The molecule has 0 atom stereocenters. The number of rotatable bonds is 5. The van der Waals surface area contributed by atoms with Crippen LogP contribution in [0.4, 0.5) is 23.0 Å². The topological polar surface area (TPSA) is 59.1 Å². The maximum atomic E-state index is 5.39. The third-order valence-corrected chi connectivity index (χ3v) is 4.14. The molecule has 1 aromatic heterocycles. The van der Waals surface area contributed by atoms with Crippen molar-refractivity contribution in [2.45, 2.75) is 27.7 Å². The van der Waals surface area contributed by atoms with Crippen LogP contribution in [0.15, 0.2) is 42.5 Å². The van der Waals surface area contributed by atoms with E-state index >= 15 is 0 Å². The van der Waals surface area contributed by atoms with Crippen LogP contribution in [0.5, 0.6) is 5.75 Å². The van der Waals surface area contributed by atoms with Crippen LogP contribution >= 0.6 is 0 Å². The summed E-state index contributed by atoms with van der Waals surface area (Å²) in [6.07, 6.45) is 0. The number of hydrogen-bond donors (Lipinski definition) is 2. The Bertz CT molecular complexity index is 914. The molecule has 2 N–H and O–H groups in total. The number of aryl methyl sites for hydroxylation is 4. The number of benzene rings is 2. The fourth-order valence-corrected chi connectivity index (χ4v) is 3.09. The third kappa shape index (κ3) is 3.94. The molecule has 0 saturated heterocycles. The second kappa shape index (κ2) is 7.44. The number of nitrogens with one attached hydrogen (secondary N) is 2. The fourth-order valence-electron chi connectivity index (χ4n) is 3.09. The zero-order chi connectivity index (χ0) is 18.7. The van der Waals surface area contributed by atoms with Gasteiger partial charge in [-0.1, -0.05) is 29.8 Å². The minimum atomic E-state index is 0.690. The minimum absolute atomic E-state index is 0.690. The van der Waals surface area contributed by atoms with Crippen LogP contribution in [-0.2, 0) is 0 Å². The van der Waals surface area contributed by atoms with Crippen LogP contribution in [0, 0.1) is 27.7 Å². The van der Waals surface area contributed by atoms with E-state index in [9.17, 15) is 0 Å². The zero-order valence-corrected chi connectivity index (χ0v) is 15.8. The van der Waals surface area contributed by atoms with E-state index in [0.717, 1.165) is 22.9 Å². The Morgan fingerprint density at radius 1 is 0.808 bits per heavy atom. The monoisotopic (exact) mass is 348 g/mol. The summed E-state index contributed by atoms with van der Waals surface area (Å²) in [5.41, 5.74) is 5.58. The Morgan fingerprint density at radius 3 is 2.08 bits per heavy atom. The van der Waals surface area contributed by atoms with Gasteiger partial charge < -0.3 is 15.4 Å². The van der Waals surface area contributed by atoms with E-state index in [4.69, 9.17) is 4.74 Å². The molecule has 3 aromatic rings. The molecular formula is C21H24N4O. The van der Waals surface area contributed by atoms with E-state index in [-0.39, 0.29) is 0 Å². The molecule has 0 unspecified atom stereocenters. The number of ether oxygens (including phenoxy) is 1. The van der Waals surface area contributed by atoms with Crippen LogP contribution in [0.1, 0.15) is 22.5 Å². The average Bonchev–Trinajstić information content (AvgIpc) is 2.58. The molecule has 0 radical (unpaired) electrons. The van der Waals surface area contributed by atoms with Gasteiger partial charge >= 0.3 is 0 Å². The van der Waals surface area contributed by atoms with Crippen molar-refractivity contribution < 1.29 is 4.74 Å². The van der Waals surface area contributed by atoms with Crippen molar-refractivity contribution in [2.24, 2.45) is 0 Å². The van der Waals surface area contributed by atoms with Crippen LogP contribution in [0.3, 0.4) is 0 Å². The highest BCUT2D eigenvalue weighted by Gasteiger charge is 2.09. The number of anilines is 4. The molecule has 3 rings (SSSR count). The number of aromatic nitrogens is 2. The average molecular weight is 348 g/mol. The predicted molar refractivity (Wildman–Crippen MR) is 107 cm³/mol. The van der Waals surface area contributed by atoms with E-state index in [2.05, 4.69) is 53.5 Å². The Hall–Kier alpha value is -3.08. The van der Waals surface area contributed by atoms with E-state index in [1.165, 1.54) is 16.7 Å². The summed E-state index contributed by atoms with van der Waals surface area (Å²) in [7, 11) is 1.65. The minimum Gasteiger partial charge on any atom is -0.495 e. The van der Waals surface area contributed by atoms with Crippen molar-refractivity contribution in [3.8, 4) is 5.75 Å². The molecule has 5 heteroatoms. The van der Waals surface area contributed by atoms with E-state index in [0.29, 0.717) is 11.6 Å². The first kappa shape index (κ1) is 17.7. The third-order valence-electron chi connectivity index (χ3n) is 4.14. The van der Waals surface area contributed by atoms with Crippen molar-refractivity contribution in [3.63, 3.8) is 0 Å². The van der Waals surface area contributed by atoms with Gasteiger partial charge in [0.2, 0.25) is 0 Å². The quantitative estimate of drug-likeness (QED) is 0.663. The molecule has 0 aliphatic heterocycles. The van der Waals surface area contributed by atoms with Crippen LogP contribution < -0.4 is 15.4 Å². The summed E-state index contributed by atoms with van der Waals surface area (Å²) in [6, 6.07) is 14.0. The lowest BCUT2D eigenvalue weighted by atomic mass is 10.1. The molecule has 0 saturated carbocycles. The van der Waals surface area contributed by atoms with Gasteiger partial charge in [0.25, 0.3) is 0 Å². The standard InChI is InChI=1S/C21H24N4O/c1-13-10-14(2)21(15(3)11-13)25-20-12-19(22-16(4)23-20)24-17-8-6-7-9-18(17)26-5/h6-12H,1-5H3,(H2,22,23,24,25). The first-order valence-electron chi connectivity index (χ1n) is 8.57. The predicted octanol–water partition coefficient (Wildman–Crippen LogP) is 5.21. The fraction of sp³-hybridized carbons (Fsp3) is 0.238. The molecule has 134 valence electrons. The zero-order valence-electron chi connectivity index (χ0n) is 15.8. The highest BCUT2D eigenvalue weighted by molar-refractivity contribution is 5.69. The summed E-state index contributed by atoms with van der Waals surface area (Å²) < 4.78 is 5.39. The lowest BCUT2D eigenvalue weighted by Crippen LogP contribution is -2.04. The largest absolute Gasteiger partial charge is 0.495 e. The SMILES string of the molecule is COc1ccccc1Nc1cc(Nc2c(C)cc(C)cc2C)nc(C)n1. The highest BCUT2D eigenvalue weighted by atomic mass is 16.5. The summed E-state index contributed by atoms with van der Waals surface area (Å²) in [5.74, 6) is 2.93. The molecule has 0 fully saturated rings. The Morgan fingerprint density at radius 2 is 1.42 bits per heavy atom. The van der Waals surface area contributed by atoms with Gasteiger partial charge in [-0.2, -0.15) is 0 Å². The van der Waals surface area contributed by atoms with Gasteiger partial charge in [0.05, 0.1) is 12.8 Å². The van der Waals surface area contributed by atoms with Gasteiger partial charge in [-0.25, -0.2) is 9.97 Å². The molecule has 2 aromatic carbocycles. The lowest BCUT2D eigenvalue weighted by molar-refractivity contribution is 0.417. The molecule has 5 nitrogen and oxygen atoms in total. The van der Waals surface area contributed by atoms with Gasteiger partial charge in [0, 0.05) is 11.8 Å². The maximum Gasteiger partial charge on any atom is 0.142 e. The molecule has 1 heterocycles. The molecule has 0 amide bonds. The molecule has 0 aliphatic carbocycles. The first-order chi connectivity index (χ1) is 12.5. The second-order valence-electron chi connectivity index (χ2n) is 6.41. The van der Waals surface area contributed by atoms with Crippen LogP contribution in [0.2, 0.25) is 0 Å². The van der Waals surface area contributed by atoms with E-state index < -0.39 is 0 Å².